The van der Waals surface area contributed by atoms with E-state index in [2.05, 4.69) is 24.1 Å². The summed E-state index contributed by atoms with van der Waals surface area (Å²) in [5.74, 6) is 0.522. The molecule has 0 aromatic carbocycles. The van der Waals surface area contributed by atoms with Gasteiger partial charge in [0.2, 0.25) is 0 Å². The van der Waals surface area contributed by atoms with Crippen LogP contribution in [0.5, 0.6) is 0 Å². The van der Waals surface area contributed by atoms with Crippen LogP contribution in [0.15, 0.2) is 11.6 Å². The zero-order chi connectivity index (χ0) is 11.8. The van der Waals surface area contributed by atoms with Crippen LogP contribution in [-0.4, -0.2) is 24.1 Å². The van der Waals surface area contributed by atoms with Crippen LogP contribution in [0.25, 0.3) is 0 Å². The molecule has 1 aromatic rings. The topological polar surface area (TPSA) is 50.9 Å². The lowest BCUT2D eigenvalue weighted by atomic mass is 10.1. The van der Waals surface area contributed by atoms with Gasteiger partial charge >= 0.3 is 0 Å². The van der Waals surface area contributed by atoms with Crippen molar-refractivity contribution >= 4 is 11.3 Å². The van der Waals surface area contributed by atoms with Gasteiger partial charge in [0.25, 0.3) is 0 Å². The van der Waals surface area contributed by atoms with Crippen molar-refractivity contribution in [2.45, 2.75) is 45.1 Å². The van der Waals surface area contributed by atoms with Gasteiger partial charge in [0, 0.05) is 30.1 Å². The molecule has 0 amide bonds. The highest BCUT2D eigenvalue weighted by atomic mass is 32.1. The van der Waals surface area contributed by atoms with Crippen molar-refractivity contribution < 1.29 is 0 Å². The maximum absolute atomic E-state index is 5.69. The highest BCUT2D eigenvalue weighted by molar-refractivity contribution is 7.09. The number of hydrogen-bond donors (Lipinski definition) is 2. The lowest BCUT2D eigenvalue weighted by Crippen LogP contribution is -2.22. The van der Waals surface area contributed by atoms with Crippen molar-refractivity contribution in [1.29, 1.82) is 0 Å². The second kappa shape index (κ2) is 7.76. The molecule has 0 radical (unpaired) electrons. The third kappa shape index (κ3) is 5.58. The first-order valence-corrected chi connectivity index (χ1v) is 6.93. The van der Waals surface area contributed by atoms with E-state index in [0.717, 1.165) is 19.5 Å². The molecule has 1 rings (SSSR count). The summed E-state index contributed by atoms with van der Waals surface area (Å²) >= 11 is 1.74. The van der Waals surface area contributed by atoms with Crippen molar-refractivity contribution in [1.82, 2.24) is 10.3 Å². The van der Waals surface area contributed by atoms with Crippen molar-refractivity contribution in [2.24, 2.45) is 5.73 Å². The van der Waals surface area contributed by atoms with Crippen molar-refractivity contribution in [2.75, 3.05) is 13.1 Å². The number of nitrogens with one attached hydrogen (secondary N) is 1. The Bertz CT molecular complexity index is 259. The maximum atomic E-state index is 5.69. The number of unbranched alkanes of at least 4 members (excludes halogenated alkanes) is 1. The molecule has 0 aliphatic carbocycles. The molecule has 0 bridgehead atoms. The lowest BCUT2D eigenvalue weighted by Gasteiger charge is -2.10. The van der Waals surface area contributed by atoms with Gasteiger partial charge in [0.05, 0.1) is 5.01 Å². The lowest BCUT2D eigenvalue weighted by molar-refractivity contribution is 0.546. The summed E-state index contributed by atoms with van der Waals surface area (Å²) in [6, 6.07) is 0.342. The standard InChI is InChI=1S/C12H23N3S/c1-10(12-15-7-8-16-12)9-14-6-4-3-5-11(2)13/h7-8,10-11,14H,3-6,9,13H2,1-2H3. The Morgan fingerprint density at radius 2 is 2.25 bits per heavy atom. The molecule has 16 heavy (non-hydrogen) atoms. The van der Waals surface area contributed by atoms with Gasteiger partial charge in [0.15, 0.2) is 0 Å². The predicted octanol–water partition coefficient (Wildman–Crippen LogP) is 2.35. The minimum atomic E-state index is 0.342. The van der Waals surface area contributed by atoms with Crippen molar-refractivity contribution in [3.8, 4) is 0 Å². The second-order valence-corrected chi connectivity index (χ2v) is 5.37. The monoisotopic (exact) mass is 241 g/mol. The number of hydrogen-bond acceptors (Lipinski definition) is 4. The molecule has 1 heterocycles. The van der Waals surface area contributed by atoms with E-state index in [0.29, 0.717) is 12.0 Å². The Morgan fingerprint density at radius 1 is 1.44 bits per heavy atom. The van der Waals surface area contributed by atoms with E-state index in [4.69, 9.17) is 5.73 Å². The first-order chi connectivity index (χ1) is 7.70. The summed E-state index contributed by atoms with van der Waals surface area (Å²) in [6.45, 7) is 6.39. The van der Waals surface area contributed by atoms with Gasteiger partial charge < -0.3 is 11.1 Å². The number of nitrogens with two attached hydrogens (primary N) is 1. The van der Waals surface area contributed by atoms with Crippen LogP contribution >= 0.6 is 11.3 Å². The maximum Gasteiger partial charge on any atom is 0.0965 e. The summed E-state index contributed by atoms with van der Waals surface area (Å²) in [5, 5.41) is 6.73. The number of rotatable bonds is 8. The molecule has 0 saturated carbocycles. The molecule has 3 nitrogen and oxygen atoms in total. The number of nitrogens with zero attached hydrogens (tertiary/aromatic N) is 1. The summed E-state index contributed by atoms with van der Waals surface area (Å²) in [6.07, 6.45) is 5.44. The summed E-state index contributed by atoms with van der Waals surface area (Å²) in [4.78, 5) is 4.32. The molecule has 0 aliphatic heterocycles. The van der Waals surface area contributed by atoms with E-state index in [9.17, 15) is 0 Å². The highest BCUT2D eigenvalue weighted by Gasteiger charge is 2.06. The van der Waals surface area contributed by atoms with Gasteiger partial charge in [0.1, 0.15) is 0 Å². The molecule has 2 unspecified atom stereocenters. The zero-order valence-corrected chi connectivity index (χ0v) is 11.1. The Labute approximate surface area is 102 Å². The van der Waals surface area contributed by atoms with Crippen LogP contribution in [0.4, 0.5) is 0 Å². The molecule has 0 saturated heterocycles. The third-order valence-electron chi connectivity index (χ3n) is 2.59. The molecule has 3 N–H and O–H groups in total. The van der Waals surface area contributed by atoms with Gasteiger partial charge in [-0.2, -0.15) is 0 Å². The second-order valence-electron chi connectivity index (χ2n) is 4.45. The van der Waals surface area contributed by atoms with Gasteiger partial charge in [-0.3, -0.25) is 0 Å². The quantitative estimate of drug-likeness (QED) is 0.687. The van der Waals surface area contributed by atoms with E-state index < -0.39 is 0 Å². The van der Waals surface area contributed by atoms with E-state index >= 15 is 0 Å². The largest absolute Gasteiger partial charge is 0.328 e. The molecule has 1 aromatic heterocycles. The van der Waals surface area contributed by atoms with Crippen molar-refractivity contribution in [3.63, 3.8) is 0 Å². The average molecular weight is 241 g/mol. The number of thiazole rings is 1. The fraction of sp³-hybridized carbons (Fsp3) is 0.750. The van der Waals surface area contributed by atoms with Crippen LogP contribution in [0.1, 0.15) is 44.0 Å². The van der Waals surface area contributed by atoms with Crippen LogP contribution in [-0.2, 0) is 0 Å². The van der Waals surface area contributed by atoms with E-state index in [1.165, 1.54) is 17.8 Å². The fourth-order valence-corrected chi connectivity index (χ4v) is 2.30. The van der Waals surface area contributed by atoms with E-state index in [1.54, 1.807) is 11.3 Å². The Kier molecular flexibility index (Phi) is 6.61. The van der Waals surface area contributed by atoms with Crippen LogP contribution in [0, 0.1) is 0 Å². The highest BCUT2D eigenvalue weighted by Crippen LogP contribution is 2.16. The molecule has 4 heteroatoms. The van der Waals surface area contributed by atoms with Gasteiger partial charge in [-0.1, -0.05) is 13.3 Å². The molecular formula is C12H23N3S. The van der Waals surface area contributed by atoms with Crippen LogP contribution < -0.4 is 11.1 Å². The normalized spacial score (nSPS) is 14.9. The Hall–Kier alpha value is -0.450. The van der Waals surface area contributed by atoms with Gasteiger partial charge in [-0.25, -0.2) is 4.98 Å². The van der Waals surface area contributed by atoms with E-state index in [-0.39, 0.29) is 0 Å². The van der Waals surface area contributed by atoms with Crippen molar-refractivity contribution in [3.05, 3.63) is 16.6 Å². The molecule has 0 aliphatic rings. The van der Waals surface area contributed by atoms with Crippen LogP contribution in [0.2, 0.25) is 0 Å². The summed E-state index contributed by atoms with van der Waals surface area (Å²) in [7, 11) is 0. The smallest absolute Gasteiger partial charge is 0.0965 e. The summed E-state index contributed by atoms with van der Waals surface area (Å²) in [5.41, 5.74) is 5.69. The Morgan fingerprint density at radius 3 is 2.88 bits per heavy atom. The van der Waals surface area contributed by atoms with Gasteiger partial charge in [-0.05, 0) is 26.3 Å². The molecular weight excluding hydrogens is 218 g/mol. The zero-order valence-electron chi connectivity index (χ0n) is 10.3. The molecule has 0 fully saturated rings. The fourth-order valence-electron chi connectivity index (χ4n) is 1.60. The van der Waals surface area contributed by atoms with Gasteiger partial charge in [-0.15, -0.1) is 11.3 Å². The predicted molar refractivity (Wildman–Crippen MR) is 70.9 cm³/mol. The third-order valence-corrected chi connectivity index (χ3v) is 3.59. The van der Waals surface area contributed by atoms with Crippen LogP contribution in [0.3, 0.4) is 0 Å². The first-order valence-electron chi connectivity index (χ1n) is 6.06. The summed E-state index contributed by atoms with van der Waals surface area (Å²) < 4.78 is 0. The molecule has 92 valence electrons. The number of aromatic nitrogens is 1. The SMILES string of the molecule is CC(N)CCCCNCC(C)c1nccs1. The molecule has 2 atom stereocenters. The first kappa shape index (κ1) is 13.6. The minimum absolute atomic E-state index is 0.342. The average Bonchev–Trinajstić information content (AvgIpc) is 2.75. The Balaban J connectivity index is 1.99. The molecule has 0 spiro atoms. The van der Waals surface area contributed by atoms with E-state index in [1.807, 2.05) is 11.6 Å². The minimum Gasteiger partial charge on any atom is -0.328 e.